The number of nitrogens with zero attached hydrogens (tertiary/aromatic N) is 1. The summed E-state index contributed by atoms with van der Waals surface area (Å²) in [5.74, 6) is -0.0938. The van der Waals surface area contributed by atoms with Gasteiger partial charge in [0.1, 0.15) is 6.61 Å². The molecule has 23 heavy (non-hydrogen) atoms. The maximum Gasteiger partial charge on any atom is 0.246 e. The lowest BCUT2D eigenvalue weighted by molar-refractivity contribution is -0.126. The van der Waals surface area contributed by atoms with Crippen molar-refractivity contribution in [2.45, 2.75) is 12.6 Å². The molecule has 0 spiro atoms. The predicted molar refractivity (Wildman–Crippen MR) is 92.0 cm³/mol. The molecule has 2 aromatic rings. The highest BCUT2D eigenvalue weighted by Crippen LogP contribution is 2.16. The lowest BCUT2D eigenvalue weighted by Crippen LogP contribution is -2.36. The van der Waals surface area contributed by atoms with E-state index in [4.69, 9.17) is 4.74 Å². The molecule has 0 aromatic heterocycles. The third-order valence-electron chi connectivity index (χ3n) is 3.64. The fraction of sp³-hybridized carbons (Fsp3) is 0.316. The second-order valence-corrected chi connectivity index (χ2v) is 5.67. The minimum atomic E-state index is -0.0938. The Hall–Kier alpha value is -2.17. The summed E-state index contributed by atoms with van der Waals surface area (Å²) >= 11 is 0. The lowest BCUT2D eigenvalue weighted by Gasteiger charge is -2.25. The molecule has 0 saturated carbocycles. The molecule has 4 heteroatoms. The molecule has 4 nitrogen and oxygen atoms in total. The van der Waals surface area contributed by atoms with Gasteiger partial charge < -0.3 is 15.0 Å². The molecular formula is C19H24N2O2. The Morgan fingerprint density at radius 3 is 2.26 bits per heavy atom. The maximum absolute atomic E-state index is 11.9. The van der Waals surface area contributed by atoms with Gasteiger partial charge in [0, 0.05) is 6.54 Å². The van der Waals surface area contributed by atoms with E-state index in [1.165, 1.54) is 5.56 Å². The quantitative estimate of drug-likeness (QED) is 0.815. The van der Waals surface area contributed by atoms with Gasteiger partial charge in [-0.3, -0.25) is 4.79 Å². The number of ether oxygens (including phenoxy) is 1. The second kappa shape index (κ2) is 9.08. The van der Waals surface area contributed by atoms with Gasteiger partial charge in [0.05, 0.1) is 12.6 Å². The van der Waals surface area contributed by atoms with Crippen molar-refractivity contribution in [1.82, 2.24) is 10.2 Å². The number of likely N-dealkylation sites (N-methyl/N-ethyl adjacent to an activating group) is 1. The molecule has 0 heterocycles. The summed E-state index contributed by atoms with van der Waals surface area (Å²) in [4.78, 5) is 14.0. The highest BCUT2D eigenvalue weighted by molar-refractivity contribution is 5.77. The first kappa shape index (κ1) is 17.2. The largest absolute Gasteiger partial charge is 0.367 e. The number of benzene rings is 2. The number of amides is 1. The third-order valence-corrected chi connectivity index (χ3v) is 3.64. The van der Waals surface area contributed by atoms with Crippen molar-refractivity contribution >= 4 is 5.91 Å². The fourth-order valence-electron chi connectivity index (χ4n) is 2.37. The zero-order valence-corrected chi connectivity index (χ0v) is 13.7. The van der Waals surface area contributed by atoms with Crippen LogP contribution in [0.15, 0.2) is 60.7 Å². The van der Waals surface area contributed by atoms with Gasteiger partial charge in [0.2, 0.25) is 5.91 Å². The van der Waals surface area contributed by atoms with Crippen molar-refractivity contribution in [3.63, 3.8) is 0 Å². The average Bonchev–Trinajstić information content (AvgIpc) is 2.57. The summed E-state index contributed by atoms with van der Waals surface area (Å²) in [7, 11) is 4.02. The van der Waals surface area contributed by atoms with Crippen molar-refractivity contribution in [2.75, 3.05) is 27.2 Å². The van der Waals surface area contributed by atoms with Crippen LogP contribution >= 0.6 is 0 Å². The Balaban J connectivity index is 1.76. The van der Waals surface area contributed by atoms with Gasteiger partial charge in [-0.1, -0.05) is 60.7 Å². The first-order valence-electron chi connectivity index (χ1n) is 7.76. The van der Waals surface area contributed by atoms with Crippen LogP contribution in [-0.4, -0.2) is 38.1 Å². The molecular weight excluding hydrogens is 288 g/mol. The summed E-state index contributed by atoms with van der Waals surface area (Å²) in [6, 6.07) is 20.1. The molecule has 0 fully saturated rings. The van der Waals surface area contributed by atoms with Crippen LogP contribution in [0.2, 0.25) is 0 Å². The molecule has 1 atom stereocenters. The van der Waals surface area contributed by atoms with E-state index in [1.807, 2.05) is 62.6 Å². The molecule has 0 saturated heterocycles. The van der Waals surface area contributed by atoms with Gasteiger partial charge in [-0.05, 0) is 25.2 Å². The van der Waals surface area contributed by atoms with Crippen molar-refractivity contribution in [2.24, 2.45) is 0 Å². The van der Waals surface area contributed by atoms with Crippen LogP contribution in [-0.2, 0) is 16.1 Å². The molecule has 0 aliphatic rings. The van der Waals surface area contributed by atoms with E-state index in [2.05, 4.69) is 22.3 Å². The van der Waals surface area contributed by atoms with E-state index in [-0.39, 0.29) is 18.6 Å². The van der Waals surface area contributed by atoms with Crippen molar-refractivity contribution in [3.05, 3.63) is 71.8 Å². The van der Waals surface area contributed by atoms with Crippen LogP contribution < -0.4 is 5.32 Å². The molecule has 0 radical (unpaired) electrons. The molecule has 1 N–H and O–H groups in total. The second-order valence-electron chi connectivity index (χ2n) is 5.67. The highest BCUT2D eigenvalue weighted by atomic mass is 16.5. The summed E-state index contributed by atoms with van der Waals surface area (Å²) < 4.78 is 5.45. The van der Waals surface area contributed by atoms with Crippen LogP contribution in [0.1, 0.15) is 17.2 Å². The summed E-state index contributed by atoms with van der Waals surface area (Å²) in [6.45, 7) is 1.08. The van der Waals surface area contributed by atoms with Gasteiger partial charge in [0.15, 0.2) is 0 Å². The highest BCUT2D eigenvalue weighted by Gasteiger charge is 2.14. The Morgan fingerprint density at radius 2 is 1.65 bits per heavy atom. The van der Waals surface area contributed by atoms with E-state index in [1.54, 1.807) is 0 Å². The number of rotatable bonds is 8. The first-order chi connectivity index (χ1) is 11.2. The normalized spacial score (nSPS) is 12.1. The number of carbonyl (C=O) groups excluding carboxylic acids is 1. The molecule has 122 valence electrons. The Kier molecular flexibility index (Phi) is 6.78. The lowest BCUT2D eigenvalue weighted by atomic mass is 10.1. The van der Waals surface area contributed by atoms with Crippen LogP contribution in [0.4, 0.5) is 0 Å². The zero-order valence-electron chi connectivity index (χ0n) is 13.7. The number of hydrogen-bond acceptors (Lipinski definition) is 3. The Bertz CT molecular complexity index is 585. The first-order valence-corrected chi connectivity index (χ1v) is 7.76. The van der Waals surface area contributed by atoms with Gasteiger partial charge in [-0.25, -0.2) is 0 Å². The summed E-state index contributed by atoms with van der Waals surface area (Å²) in [5, 5.41) is 2.94. The van der Waals surface area contributed by atoms with Crippen LogP contribution in [0.25, 0.3) is 0 Å². The smallest absolute Gasteiger partial charge is 0.246 e. The van der Waals surface area contributed by atoms with Crippen LogP contribution in [0.5, 0.6) is 0 Å². The van der Waals surface area contributed by atoms with Gasteiger partial charge in [0.25, 0.3) is 0 Å². The average molecular weight is 312 g/mol. The maximum atomic E-state index is 11.9. The van der Waals surface area contributed by atoms with E-state index in [0.29, 0.717) is 13.2 Å². The molecule has 2 rings (SSSR count). The van der Waals surface area contributed by atoms with Crippen molar-refractivity contribution in [1.29, 1.82) is 0 Å². The van der Waals surface area contributed by atoms with Crippen LogP contribution in [0, 0.1) is 0 Å². The third kappa shape index (κ3) is 5.85. The Morgan fingerprint density at radius 1 is 1.04 bits per heavy atom. The van der Waals surface area contributed by atoms with Gasteiger partial charge >= 0.3 is 0 Å². The molecule has 0 aliphatic carbocycles. The van der Waals surface area contributed by atoms with Crippen LogP contribution in [0.3, 0.4) is 0 Å². The van der Waals surface area contributed by atoms with E-state index >= 15 is 0 Å². The molecule has 1 amide bonds. The fourth-order valence-corrected chi connectivity index (χ4v) is 2.37. The topological polar surface area (TPSA) is 41.6 Å². The predicted octanol–water partition coefficient (Wildman–Crippen LogP) is 2.62. The van der Waals surface area contributed by atoms with E-state index in [9.17, 15) is 4.79 Å². The summed E-state index contributed by atoms with van der Waals surface area (Å²) in [5.41, 5.74) is 2.25. The summed E-state index contributed by atoms with van der Waals surface area (Å²) in [6.07, 6.45) is 0. The molecule has 2 aromatic carbocycles. The van der Waals surface area contributed by atoms with Crippen molar-refractivity contribution in [3.8, 4) is 0 Å². The molecule has 1 unspecified atom stereocenters. The minimum Gasteiger partial charge on any atom is -0.367 e. The van der Waals surface area contributed by atoms with E-state index < -0.39 is 0 Å². The van der Waals surface area contributed by atoms with Gasteiger partial charge in [-0.2, -0.15) is 0 Å². The Labute approximate surface area is 138 Å². The number of hydrogen-bond donors (Lipinski definition) is 1. The molecule has 0 bridgehead atoms. The van der Waals surface area contributed by atoms with E-state index in [0.717, 1.165) is 5.56 Å². The zero-order chi connectivity index (χ0) is 16.5. The number of carbonyl (C=O) groups is 1. The minimum absolute atomic E-state index is 0.0732. The van der Waals surface area contributed by atoms with Gasteiger partial charge in [-0.15, -0.1) is 0 Å². The molecule has 0 aliphatic heterocycles. The SMILES string of the molecule is CN(C)C(CNC(=O)COCc1ccccc1)c1ccccc1. The standard InChI is InChI=1S/C19H24N2O2/c1-21(2)18(17-11-7-4-8-12-17)13-20-19(22)15-23-14-16-9-5-3-6-10-16/h3-12,18H,13-15H2,1-2H3,(H,20,22). The monoisotopic (exact) mass is 312 g/mol. The van der Waals surface area contributed by atoms with Crippen molar-refractivity contribution < 1.29 is 9.53 Å². The number of nitrogens with one attached hydrogen (secondary N) is 1.